The lowest BCUT2D eigenvalue weighted by molar-refractivity contribution is -0.116. The number of carbonyl (C=O) groups excluding carboxylic acids is 1. The first-order valence-electron chi connectivity index (χ1n) is 9.49. The van der Waals surface area contributed by atoms with E-state index in [1.807, 2.05) is 0 Å². The molecule has 1 rings (SSSR count). The topological polar surface area (TPSA) is 74.8 Å². The second-order valence-electron chi connectivity index (χ2n) is 6.57. The van der Waals surface area contributed by atoms with E-state index in [0.717, 1.165) is 12.8 Å². The van der Waals surface area contributed by atoms with Crippen molar-refractivity contribution >= 4 is 11.9 Å². The number of nitrogens with one attached hydrogen (secondary N) is 2. The summed E-state index contributed by atoms with van der Waals surface area (Å²) in [5, 5.41) is 2.65. The highest BCUT2D eigenvalue weighted by Crippen LogP contribution is 2.12. The smallest absolute Gasteiger partial charge is 0.252 e. The normalized spacial score (nSPS) is 10.8. The second-order valence-corrected chi connectivity index (χ2v) is 6.57. The van der Waals surface area contributed by atoms with Gasteiger partial charge in [-0.25, -0.2) is 4.98 Å². The number of nitrogens with zero attached hydrogens (tertiary/aromatic N) is 1. The number of aromatic nitrogens is 2. The monoisotopic (exact) mass is 335 g/mol. The van der Waals surface area contributed by atoms with Crippen LogP contribution in [-0.4, -0.2) is 15.9 Å². The lowest BCUT2D eigenvalue weighted by Gasteiger charge is -2.05. The number of hydrogen-bond acceptors (Lipinski definition) is 3. The highest BCUT2D eigenvalue weighted by Gasteiger charge is 2.04. The van der Waals surface area contributed by atoms with E-state index in [0.29, 0.717) is 12.1 Å². The Hall–Kier alpha value is -1.65. The van der Waals surface area contributed by atoms with Crippen LogP contribution in [0.3, 0.4) is 0 Å². The summed E-state index contributed by atoms with van der Waals surface area (Å²) in [5.41, 5.74) is 0.358. The standard InChI is InChI=1S/C19H33N3O2/c1-3-4-5-6-7-8-9-10-11-12-13-14-17(23)21-19-20-16(2)15-18(24)22-19/h15H,3-14H2,1-2H3,(H2,20,21,22,23,24). The number of amides is 1. The van der Waals surface area contributed by atoms with Gasteiger partial charge in [0, 0.05) is 18.2 Å². The van der Waals surface area contributed by atoms with E-state index in [1.165, 1.54) is 63.9 Å². The molecule has 0 aliphatic carbocycles. The Morgan fingerprint density at radius 2 is 1.54 bits per heavy atom. The van der Waals surface area contributed by atoms with Gasteiger partial charge in [-0.1, -0.05) is 71.1 Å². The molecule has 0 bridgehead atoms. The Kier molecular flexibility index (Phi) is 10.8. The van der Waals surface area contributed by atoms with E-state index in [1.54, 1.807) is 6.92 Å². The molecule has 0 unspecified atom stereocenters. The van der Waals surface area contributed by atoms with Gasteiger partial charge < -0.3 is 0 Å². The third-order valence-corrected chi connectivity index (χ3v) is 4.13. The zero-order valence-corrected chi connectivity index (χ0v) is 15.3. The molecule has 0 aliphatic heterocycles. The van der Waals surface area contributed by atoms with Crippen LogP contribution in [0, 0.1) is 6.92 Å². The van der Waals surface area contributed by atoms with Crippen LogP contribution in [0.25, 0.3) is 0 Å². The molecule has 0 aliphatic rings. The lowest BCUT2D eigenvalue weighted by Crippen LogP contribution is -2.18. The van der Waals surface area contributed by atoms with E-state index in [2.05, 4.69) is 22.2 Å². The molecule has 136 valence electrons. The highest BCUT2D eigenvalue weighted by molar-refractivity contribution is 5.88. The summed E-state index contributed by atoms with van der Waals surface area (Å²) in [5.74, 6) is 0.160. The van der Waals surface area contributed by atoms with Gasteiger partial charge in [0.2, 0.25) is 11.9 Å². The maximum Gasteiger partial charge on any atom is 0.252 e. The molecule has 1 amide bonds. The first-order valence-corrected chi connectivity index (χ1v) is 9.49. The van der Waals surface area contributed by atoms with Crippen LogP contribution in [0.2, 0.25) is 0 Å². The van der Waals surface area contributed by atoms with E-state index < -0.39 is 0 Å². The summed E-state index contributed by atoms with van der Waals surface area (Å²) < 4.78 is 0. The zero-order chi connectivity index (χ0) is 17.6. The Labute approximate surface area is 145 Å². The number of anilines is 1. The number of unbranched alkanes of at least 4 members (excludes halogenated alkanes) is 10. The maximum absolute atomic E-state index is 11.8. The number of rotatable bonds is 13. The third kappa shape index (κ3) is 10.2. The molecule has 0 saturated carbocycles. The summed E-state index contributed by atoms with van der Waals surface area (Å²) >= 11 is 0. The third-order valence-electron chi connectivity index (χ3n) is 4.13. The van der Waals surface area contributed by atoms with Gasteiger partial charge in [0.15, 0.2) is 0 Å². The van der Waals surface area contributed by atoms with Crippen molar-refractivity contribution in [2.75, 3.05) is 5.32 Å². The lowest BCUT2D eigenvalue weighted by atomic mass is 10.1. The molecule has 24 heavy (non-hydrogen) atoms. The number of carbonyl (C=O) groups is 1. The van der Waals surface area contributed by atoms with Crippen LogP contribution in [0.15, 0.2) is 10.9 Å². The first-order chi connectivity index (χ1) is 11.6. The molecule has 1 heterocycles. The summed E-state index contributed by atoms with van der Waals surface area (Å²) in [6.45, 7) is 3.98. The molecule has 0 spiro atoms. The van der Waals surface area contributed by atoms with Gasteiger partial charge in [-0.05, 0) is 13.3 Å². The van der Waals surface area contributed by atoms with Crippen molar-refractivity contribution in [3.63, 3.8) is 0 Å². The van der Waals surface area contributed by atoms with Crippen molar-refractivity contribution in [3.8, 4) is 0 Å². The Morgan fingerprint density at radius 1 is 1.00 bits per heavy atom. The second kappa shape index (κ2) is 12.7. The van der Waals surface area contributed by atoms with Gasteiger partial charge in [-0.2, -0.15) is 0 Å². The first kappa shape index (κ1) is 20.4. The average molecular weight is 335 g/mol. The molecule has 0 fully saturated rings. The van der Waals surface area contributed by atoms with Gasteiger partial charge in [0.1, 0.15) is 0 Å². The van der Waals surface area contributed by atoms with E-state index in [9.17, 15) is 9.59 Å². The predicted molar refractivity (Wildman–Crippen MR) is 99.3 cm³/mol. The number of H-pyrrole nitrogens is 1. The molecule has 5 heteroatoms. The summed E-state index contributed by atoms with van der Waals surface area (Å²) in [4.78, 5) is 29.7. The molecule has 2 N–H and O–H groups in total. The molecule has 0 aromatic carbocycles. The quantitative estimate of drug-likeness (QED) is 0.512. The van der Waals surface area contributed by atoms with Crippen molar-refractivity contribution in [2.24, 2.45) is 0 Å². The number of hydrogen-bond donors (Lipinski definition) is 2. The number of aromatic amines is 1. The Morgan fingerprint density at radius 3 is 2.08 bits per heavy atom. The van der Waals surface area contributed by atoms with Crippen molar-refractivity contribution in [3.05, 3.63) is 22.1 Å². The average Bonchev–Trinajstić information content (AvgIpc) is 2.51. The Balaban J connectivity index is 1.99. The van der Waals surface area contributed by atoms with Crippen molar-refractivity contribution in [1.82, 2.24) is 9.97 Å². The van der Waals surface area contributed by atoms with Gasteiger partial charge >= 0.3 is 0 Å². The molecular formula is C19H33N3O2. The van der Waals surface area contributed by atoms with Crippen LogP contribution in [0.5, 0.6) is 0 Å². The predicted octanol–water partition coefficient (Wildman–Crippen LogP) is 4.72. The molecule has 0 radical (unpaired) electrons. The fraction of sp³-hybridized carbons (Fsp3) is 0.737. The van der Waals surface area contributed by atoms with Gasteiger partial charge in [-0.15, -0.1) is 0 Å². The Bertz CT molecular complexity index is 526. The van der Waals surface area contributed by atoms with E-state index >= 15 is 0 Å². The van der Waals surface area contributed by atoms with Gasteiger partial charge in [0.05, 0.1) is 0 Å². The highest BCUT2D eigenvalue weighted by atomic mass is 16.2. The SMILES string of the molecule is CCCCCCCCCCCCCC(=O)Nc1nc(C)cc(=O)[nH]1. The van der Waals surface area contributed by atoms with Crippen LogP contribution >= 0.6 is 0 Å². The molecule has 0 saturated heterocycles. The molecule has 0 atom stereocenters. The van der Waals surface area contributed by atoms with Gasteiger partial charge in [-0.3, -0.25) is 19.9 Å². The van der Waals surface area contributed by atoms with Crippen LogP contribution < -0.4 is 10.9 Å². The fourth-order valence-electron chi connectivity index (χ4n) is 2.78. The minimum absolute atomic E-state index is 0.0836. The molecule has 5 nitrogen and oxygen atoms in total. The minimum Gasteiger partial charge on any atom is -0.296 e. The van der Waals surface area contributed by atoms with E-state index in [4.69, 9.17) is 0 Å². The molecular weight excluding hydrogens is 302 g/mol. The van der Waals surface area contributed by atoms with Crippen molar-refractivity contribution < 1.29 is 4.79 Å². The van der Waals surface area contributed by atoms with Crippen LogP contribution in [-0.2, 0) is 4.79 Å². The van der Waals surface area contributed by atoms with Crippen LogP contribution in [0.4, 0.5) is 5.95 Å². The van der Waals surface area contributed by atoms with Crippen molar-refractivity contribution in [1.29, 1.82) is 0 Å². The summed E-state index contributed by atoms with van der Waals surface area (Å²) in [7, 11) is 0. The minimum atomic E-state index is -0.243. The summed E-state index contributed by atoms with van der Waals surface area (Å²) in [6, 6.07) is 1.40. The largest absolute Gasteiger partial charge is 0.296 e. The summed E-state index contributed by atoms with van der Waals surface area (Å²) in [6.07, 6.45) is 14.4. The van der Waals surface area contributed by atoms with Gasteiger partial charge in [0.25, 0.3) is 5.56 Å². The fourth-order valence-corrected chi connectivity index (χ4v) is 2.78. The molecule has 1 aromatic rings. The molecule has 1 aromatic heterocycles. The van der Waals surface area contributed by atoms with E-state index in [-0.39, 0.29) is 17.4 Å². The number of aryl methyl sites for hydroxylation is 1. The van der Waals surface area contributed by atoms with Crippen LogP contribution in [0.1, 0.15) is 89.7 Å². The maximum atomic E-state index is 11.8. The zero-order valence-electron chi connectivity index (χ0n) is 15.3. The van der Waals surface area contributed by atoms with Crippen molar-refractivity contribution in [2.45, 2.75) is 90.9 Å².